The predicted octanol–water partition coefficient (Wildman–Crippen LogP) is 1.74. The summed E-state index contributed by atoms with van der Waals surface area (Å²) in [5.74, 6) is -0.516. The Bertz CT molecular complexity index is 273. The lowest BCUT2D eigenvalue weighted by atomic mass is 10.2. The SMILES string of the molecule is C=CC(=O)OCC(C)NC(=O)OC(C)(C)C.S. The molecule has 0 aliphatic rings. The van der Waals surface area contributed by atoms with Crippen molar-refractivity contribution < 1.29 is 19.1 Å². The molecular weight excluding hydrogens is 242 g/mol. The smallest absolute Gasteiger partial charge is 0.407 e. The summed E-state index contributed by atoms with van der Waals surface area (Å²) >= 11 is 0. The van der Waals surface area contributed by atoms with Gasteiger partial charge in [0.05, 0.1) is 6.04 Å². The predicted molar refractivity (Wildman–Crippen MR) is 70.4 cm³/mol. The second-order valence-electron chi connectivity index (χ2n) is 4.38. The highest BCUT2D eigenvalue weighted by atomic mass is 32.1. The van der Waals surface area contributed by atoms with Gasteiger partial charge in [-0.25, -0.2) is 9.59 Å². The van der Waals surface area contributed by atoms with Crippen molar-refractivity contribution in [2.24, 2.45) is 0 Å². The minimum absolute atomic E-state index is 0. The molecule has 0 bridgehead atoms. The maximum atomic E-state index is 11.3. The third-order valence-electron chi connectivity index (χ3n) is 1.41. The lowest BCUT2D eigenvalue weighted by molar-refractivity contribution is -0.138. The molecule has 0 aromatic heterocycles. The van der Waals surface area contributed by atoms with Crippen molar-refractivity contribution >= 4 is 25.6 Å². The van der Waals surface area contributed by atoms with E-state index < -0.39 is 17.7 Å². The van der Waals surface area contributed by atoms with Gasteiger partial charge in [0.15, 0.2) is 0 Å². The molecular formula is C11H21NO4S. The second kappa shape index (κ2) is 8.00. The largest absolute Gasteiger partial charge is 0.460 e. The highest BCUT2D eigenvalue weighted by Gasteiger charge is 2.17. The van der Waals surface area contributed by atoms with E-state index >= 15 is 0 Å². The molecule has 0 aliphatic carbocycles. The highest BCUT2D eigenvalue weighted by molar-refractivity contribution is 7.59. The summed E-state index contributed by atoms with van der Waals surface area (Å²) < 4.78 is 9.79. The van der Waals surface area contributed by atoms with Crippen LogP contribution in [0.4, 0.5) is 4.79 Å². The number of hydrogen-bond acceptors (Lipinski definition) is 4. The van der Waals surface area contributed by atoms with E-state index in [-0.39, 0.29) is 26.1 Å². The Morgan fingerprint density at radius 3 is 2.35 bits per heavy atom. The van der Waals surface area contributed by atoms with E-state index in [9.17, 15) is 9.59 Å². The third kappa shape index (κ3) is 11.1. The fourth-order valence-corrected chi connectivity index (χ4v) is 0.816. The Morgan fingerprint density at radius 2 is 1.94 bits per heavy atom. The lowest BCUT2D eigenvalue weighted by Crippen LogP contribution is -2.40. The number of hydrogen-bond donors (Lipinski definition) is 1. The van der Waals surface area contributed by atoms with Crippen LogP contribution in [0.5, 0.6) is 0 Å². The van der Waals surface area contributed by atoms with E-state index in [0.717, 1.165) is 6.08 Å². The highest BCUT2D eigenvalue weighted by Crippen LogP contribution is 2.06. The number of rotatable bonds is 4. The van der Waals surface area contributed by atoms with Crippen LogP contribution in [-0.2, 0) is 14.3 Å². The monoisotopic (exact) mass is 263 g/mol. The van der Waals surface area contributed by atoms with Gasteiger partial charge in [-0.3, -0.25) is 0 Å². The molecule has 0 radical (unpaired) electrons. The van der Waals surface area contributed by atoms with Gasteiger partial charge >= 0.3 is 12.1 Å². The maximum absolute atomic E-state index is 11.3. The van der Waals surface area contributed by atoms with Crippen LogP contribution in [0, 0.1) is 0 Å². The first kappa shape index (κ1) is 18.2. The molecule has 0 saturated carbocycles. The molecule has 0 aliphatic heterocycles. The Hall–Kier alpha value is -1.17. The summed E-state index contributed by atoms with van der Waals surface area (Å²) in [5.41, 5.74) is -0.540. The summed E-state index contributed by atoms with van der Waals surface area (Å²) in [7, 11) is 0. The van der Waals surface area contributed by atoms with Crippen LogP contribution in [0.2, 0.25) is 0 Å². The first-order valence-corrected chi connectivity index (χ1v) is 5.03. The average molecular weight is 263 g/mol. The first-order valence-electron chi connectivity index (χ1n) is 5.03. The number of amides is 1. The van der Waals surface area contributed by atoms with Crippen molar-refractivity contribution in [1.29, 1.82) is 0 Å². The molecule has 100 valence electrons. The van der Waals surface area contributed by atoms with Gasteiger partial charge in [0.2, 0.25) is 0 Å². The van der Waals surface area contributed by atoms with Crippen LogP contribution in [0.25, 0.3) is 0 Å². The van der Waals surface area contributed by atoms with Crippen LogP contribution in [0.1, 0.15) is 27.7 Å². The zero-order chi connectivity index (χ0) is 12.8. The Morgan fingerprint density at radius 1 is 1.41 bits per heavy atom. The van der Waals surface area contributed by atoms with Crippen LogP contribution in [-0.4, -0.2) is 30.3 Å². The Kier molecular flexibility index (Phi) is 8.57. The summed E-state index contributed by atoms with van der Waals surface area (Å²) in [6.07, 6.45) is 0.537. The van der Waals surface area contributed by atoms with E-state index in [0.29, 0.717) is 0 Å². The summed E-state index contributed by atoms with van der Waals surface area (Å²) in [4.78, 5) is 22.0. The fraction of sp³-hybridized carbons (Fsp3) is 0.636. The van der Waals surface area contributed by atoms with Gasteiger partial charge in [0, 0.05) is 6.08 Å². The topological polar surface area (TPSA) is 64.6 Å². The quantitative estimate of drug-likeness (QED) is 0.620. The van der Waals surface area contributed by atoms with Gasteiger partial charge in [0.25, 0.3) is 0 Å². The molecule has 6 heteroatoms. The fourth-order valence-electron chi connectivity index (χ4n) is 0.816. The molecule has 0 spiro atoms. The molecule has 0 heterocycles. The molecule has 1 atom stereocenters. The minimum Gasteiger partial charge on any atom is -0.460 e. The number of nitrogens with one attached hydrogen (secondary N) is 1. The molecule has 1 unspecified atom stereocenters. The van der Waals surface area contributed by atoms with Crippen molar-refractivity contribution in [1.82, 2.24) is 5.32 Å². The van der Waals surface area contributed by atoms with Crippen LogP contribution in [0.3, 0.4) is 0 Å². The van der Waals surface area contributed by atoms with Gasteiger partial charge in [-0.15, -0.1) is 0 Å². The summed E-state index contributed by atoms with van der Waals surface area (Å²) in [6.45, 7) is 10.4. The number of esters is 1. The van der Waals surface area contributed by atoms with Crippen LogP contribution in [0.15, 0.2) is 12.7 Å². The first-order chi connectivity index (χ1) is 7.24. The third-order valence-corrected chi connectivity index (χ3v) is 1.41. The molecule has 1 amide bonds. The number of ether oxygens (including phenoxy) is 2. The molecule has 0 saturated heterocycles. The van der Waals surface area contributed by atoms with Crippen LogP contribution < -0.4 is 5.32 Å². The molecule has 0 fully saturated rings. The van der Waals surface area contributed by atoms with E-state index in [2.05, 4.69) is 11.9 Å². The number of carbonyl (C=O) groups is 2. The van der Waals surface area contributed by atoms with Gasteiger partial charge in [-0.2, -0.15) is 13.5 Å². The van der Waals surface area contributed by atoms with Crippen molar-refractivity contribution in [3.8, 4) is 0 Å². The van der Waals surface area contributed by atoms with Gasteiger partial charge < -0.3 is 14.8 Å². The Balaban J connectivity index is 0. The van der Waals surface area contributed by atoms with Crippen molar-refractivity contribution in [3.05, 3.63) is 12.7 Å². The second-order valence-corrected chi connectivity index (χ2v) is 4.38. The molecule has 5 nitrogen and oxygen atoms in total. The van der Waals surface area contributed by atoms with Crippen LogP contribution >= 0.6 is 13.5 Å². The molecule has 0 aromatic rings. The number of carbonyl (C=O) groups excluding carboxylic acids is 2. The van der Waals surface area contributed by atoms with Gasteiger partial charge in [-0.1, -0.05) is 6.58 Å². The van der Waals surface area contributed by atoms with E-state index in [1.165, 1.54) is 0 Å². The molecule has 0 rings (SSSR count). The van der Waals surface area contributed by atoms with Crippen molar-refractivity contribution in [2.75, 3.05) is 6.61 Å². The molecule has 17 heavy (non-hydrogen) atoms. The van der Waals surface area contributed by atoms with Gasteiger partial charge in [-0.05, 0) is 27.7 Å². The zero-order valence-corrected chi connectivity index (χ0v) is 11.7. The number of alkyl carbamates (subject to hydrolysis) is 1. The molecule has 1 N–H and O–H groups in total. The summed E-state index contributed by atoms with van der Waals surface area (Å²) in [6, 6.07) is -0.307. The van der Waals surface area contributed by atoms with E-state index in [1.807, 2.05) is 0 Å². The van der Waals surface area contributed by atoms with E-state index in [4.69, 9.17) is 9.47 Å². The minimum atomic E-state index is -0.540. The molecule has 0 aromatic carbocycles. The van der Waals surface area contributed by atoms with Crippen molar-refractivity contribution in [2.45, 2.75) is 39.3 Å². The Labute approximate surface area is 109 Å². The zero-order valence-electron chi connectivity index (χ0n) is 10.7. The van der Waals surface area contributed by atoms with Crippen molar-refractivity contribution in [3.63, 3.8) is 0 Å². The summed E-state index contributed by atoms with van der Waals surface area (Å²) in [5, 5.41) is 2.54. The lowest BCUT2D eigenvalue weighted by Gasteiger charge is -2.21. The standard InChI is InChI=1S/C11H19NO4.H2S/c1-6-9(13)15-7-8(2)12-10(14)16-11(3,4)5;/h6,8H,1,7H2,2-5H3,(H,12,14);1H2. The van der Waals surface area contributed by atoms with E-state index in [1.54, 1.807) is 27.7 Å². The normalized spacial score (nSPS) is 11.8. The maximum Gasteiger partial charge on any atom is 0.407 e. The van der Waals surface area contributed by atoms with Gasteiger partial charge in [0.1, 0.15) is 12.2 Å². The average Bonchev–Trinajstić information content (AvgIpc) is 2.10.